The van der Waals surface area contributed by atoms with Crippen LogP contribution in [0.25, 0.3) is 0 Å². The minimum atomic E-state index is -1.73. The Labute approximate surface area is 179 Å². The Morgan fingerprint density at radius 1 is 0.781 bits per heavy atom. The Morgan fingerprint density at radius 3 is 1.44 bits per heavy atom. The quantitative estimate of drug-likeness (QED) is 0.0432. The highest BCUT2D eigenvalue weighted by Gasteiger charge is 2.18. The van der Waals surface area contributed by atoms with Crippen molar-refractivity contribution in [1.82, 2.24) is 10.6 Å². The fourth-order valence-electron chi connectivity index (χ4n) is 1.62. The van der Waals surface area contributed by atoms with Crippen molar-refractivity contribution in [3.05, 3.63) is 32.4 Å². The van der Waals surface area contributed by atoms with E-state index in [1.807, 2.05) is 0 Å². The number of amides is 2. The van der Waals surface area contributed by atoms with Crippen molar-refractivity contribution >= 4 is 23.8 Å². The Hall–Kier alpha value is -4.06. The minimum Gasteiger partial charge on any atom is -0.434 e. The van der Waals surface area contributed by atoms with Crippen molar-refractivity contribution in [3.8, 4) is 0 Å². The third kappa shape index (κ3) is 14.9. The van der Waals surface area contributed by atoms with Crippen molar-refractivity contribution < 1.29 is 48.5 Å². The van der Waals surface area contributed by atoms with Crippen LogP contribution in [0.15, 0.2) is 12.2 Å². The molecule has 0 aliphatic rings. The number of hydrogen-bond acceptors (Lipinski definition) is 14. The van der Waals surface area contributed by atoms with Gasteiger partial charge in [-0.3, -0.25) is 21.1 Å². The van der Waals surface area contributed by atoms with Gasteiger partial charge in [0.2, 0.25) is 12.5 Å². The molecule has 0 aromatic carbocycles. The molecule has 0 aromatic heterocycles. The Morgan fingerprint density at radius 2 is 1.12 bits per heavy atom. The lowest BCUT2D eigenvalue weighted by Gasteiger charge is -2.12. The molecule has 0 saturated heterocycles. The molecule has 18 heteroatoms. The van der Waals surface area contributed by atoms with E-state index < -0.39 is 46.4 Å². The smallest absolute Gasteiger partial charge is 0.333 e. The number of esters is 2. The summed E-state index contributed by atoms with van der Waals surface area (Å²) in [5.41, 5.74) is 10.7. The van der Waals surface area contributed by atoms with Crippen LogP contribution >= 0.6 is 0 Å². The normalized spacial score (nSPS) is 12.2. The lowest BCUT2D eigenvalue weighted by molar-refractivity contribution is -0.757. The Balaban J connectivity index is 4.16. The fraction of sp³-hybridized carbons (Fsp3) is 0.571. The summed E-state index contributed by atoms with van der Waals surface area (Å²) in [6, 6.07) is 0. The third-order valence-electron chi connectivity index (χ3n) is 2.99. The van der Waals surface area contributed by atoms with Gasteiger partial charge >= 0.3 is 11.9 Å². The van der Waals surface area contributed by atoms with E-state index in [4.69, 9.17) is 11.5 Å². The zero-order valence-corrected chi connectivity index (χ0v) is 16.5. The summed E-state index contributed by atoms with van der Waals surface area (Å²) in [7, 11) is 0. The van der Waals surface area contributed by atoms with Gasteiger partial charge in [0, 0.05) is 25.2 Å². The highest BCUT2D eigenvalue weighted by molar-refractivity contribution is 5.94. The molecular weight excluding hydrogens is 444 g/mol. The average Bonchev–Trinajstić information content (AvgIpc) is 2.70. The molecule has 0 aliphatic carbocycles. The number of nitrogens with zero attached hydrogens (tertiary/aromatic N) is 2. The number of rotatable bonds is 16. The van der Waals surface area contributed by atoms with E-state index in [0.29, 0.717) is 12.2 Å². The SMILES string of the molecule is NC(OC(=O)/C=C/C(=O)OC(N)C(=O)NCCCO[N+](=O)[O-])C(=O)NCCCO[N+](=O)[O-]. The van der Waals surface area contributed by atoms with Crippen molar-refractivity contribution in [2.75, 3.05) is 26.3 Å². The molecule has 0 heterocycles. The van der Waals surface area contributed by atoms with Crippen molar-refractivity contribution in [1.29, 1.82) is 0 Å². The molecule has 0 bridgehead atoms. The summed E-state index contributed by atoms with van der Waals surface area (Å²) >= 11 is 0. The first-order valence-electron chi connectivity index (χ1n) is 8.73. The van der Waals surface area contributed by atoms with Gasteiger partial charge in [-0.1, -0.05) is 0 Å². The lowest BCUT2D eigenvalue weighted by atomic mass is 10.4. The minimum absolute atomic E-state index is 0.0389. The van der Waals surface area contributed by atoms with Crippen LogP contribution in [0.4, 0.5) is 0 Å². The van der Waals surface area contributed by atoms with Gasteiger partial charge in [0.05, 0.1) is 13.2 Å². The second-order valence-corrected chi connectivity index (χ2v) is 5.45. The largest absolute Gasteiger partial charge is 0.434 e. The van der Waals surface area contributed by atoms with Gasteiger partial charge in [0.15, 0.2) is 0 Å². The predicted octanol–water partition coefficient (Wildman–Crippen LogP) is -3.37. The Kier molecular flexibility index (Phi) is 13.7. The zero-order chi connectivity index (χ0) is 24.5. The molecule has 18 nitrogen and oxygen atoms in total. The first-order chi connectivity index (χ1) is 15.0. The number of hydrogen-bond donors (Lipinski definition) is 4. The monoisotopic (exact) mass is 466 g/mol. The predicted molar refractivity (Wildman–Crippen MR) is 98.4 cm³/mol. The van der Waals surface area contributed by atoms with Crippen LogP contribution in [0.5, 0.6) is 0 Å². The summed E-state index contributed by atoms with van der Waals surface area (Å²) in [5, 5.41) is 22.4. The lowest BCUT2D eigenvalue weighted by Crippen LogP contribution is -2.44. The van der Waals surface area contributed by atoms with Crippen LogP contribution in [0.3, 0.4) is 0 Å². The average molecular weight is 466 g/mol. The number of carbonyl (C=O) groups is 4. The summed E-state index contributed by atoms with van der Waals surface area (Å²) in [5.74, 6) is -4.19. The van der Waals surface area contributed by atoms with Gasteiger partial charge in [0.25, 0.3) is 22.0 Å². The maximum atomic E-state index is 11.6. The number of ether oxygens (including phenoxy) is 2. The van der Waals surface area contributed by atoms with Gasteiger partial charge in [-0.25, -0.2) is 9.59 Å². The van der Waals surface area contributed by atoms with E-state index in [0.717, 1.165) is 0 Å². The van der Waals surface area contributed by atoms with Crippen LogP contribution in [-0.2, 0) is 38.3 Å². The topological polar surface area (TPSA) is 268 Å². The van der Waals surface area contributed by atoms with E-state index in [2.05, 4.69) is 29.8 Å². The third-order valence-corrected chi connectivity index (χ3v) is 2.99. The van der Waals surface area contributed by atoms with Gasteiger partial charge in [-0.2, -0.15) is 0 Å². The molecule has 180 valence electrons. The van der Waals surface area contributed by atoms with Gasteiger partial charge in [-0.05, 0) is 12.8 Å². The first-order valence-corrected chi connectivity index (χ1v) is 8.73. The van der Waals surface area contributed by atoms with Crippen LogP contribution in [0.2, 0.25) is 0 Å². The van der Waals surface area contributed by atoms with Crippen LogP contribution < -0.4 is 22.1 Å². The summed E-state index contributed by atoms with van der Waals surface area (Å²) < 4.78 is 9.05. The van der Waals surface area contributed by atoms with Gasteiger partial charge < -0.3 is 29.8 Å². The van der Waals surface area contributed by atoms with Gasteiger partial charge in [-0.15, -0.1) is 20.2 Å². The maximum absolute atomic E-state index is 11.6. The standard InChI is InChI=1S/C14H22N6O12/c15-11(13(23)17-5-1-7-29-19(25)26)31-9(21)3-4-10(22)32-12(16)14(24)18-6-2-8-30-20(27)28/h3-4,11-12H,1-2,5-8,15-16H2,(H,17,23)(H,18,24)/b4-3+. The fourth-order valence-corrected chi connectivity index (χ4v) is 1.62. The number of nitrogens with one attached hydrogen (secondary N) is 2. The van der Waals surface area contributed by atoms with Crippen molar-refractivity contribution in [2.45, 2.75) is 25.3 Å². The molecule has 2 atom stereocenters. The molecule has 0 spiro atoms. The molecule has 0 rings (SSSR count). The molecule has 0 fully saturated rings. The molecule has 0 radical (unpaired) electrons. The number of nitrogens with two attached hydrogens (primary N) is 2. The van der Waals surface area contributed by atoms with Crippen LogP contribution in [0.1, 0.15) is 12.8 Å². The molecule has 2 unspecified atom stereocenters. The molecule has 0 aromatic rings. The highest BCUT2D eigenvalue weighted by atomic mass is 17.0. The highest BCUT2D eigenvalue weighted by Crippen LogP contribution is 1.93. The van der Waals surface area contributed by atoms with Crippen LogP contribution in [-0.4, -0.2) is 72.7 Å². The van der Waals surface area contributed by atoms with E-state index >= 15 is 0 Å². The maximum Gasteiger partial charge on any atom is 0.333 e. The summed E-state index contributed by atoms with van der Waals surface area (Å²) in [4.78, 5) is 74.2. The summed E-state index contributed by atoms with van der Waals surface area (Å²) in [6.45, 7) is -0.599. The zero-order valence-electron chi connectivity index (χ0n) is 16.5. The first kappa shape index (κ1) is 27.9. The second-order valence-electron chi connectivity index (χ2n) is 5.45. The Bertz CT molecular complexity index is 656. The van der Waals surface area contributed by atoms with E-state index in [9.17, 15) is 39.4 Å². The van der Waals surface area contributed by atoms with E-state index in [-0.39, 0.29) is 39.1 Å². The molecule has 2 amide bonds. The number of carbonyl (C=O) groups excluding carboxylic acids is 4. The summed E-state index contributed by atoms with van der Waals surface area (Å²) in [6.07, 6.45) is -2.13. The molecular formula is C14H22N6O12. The van der Waals surface area contributed by atoms with E-state index in [1.54, 1.807) is 0 Å². The molecule has 32 heavy (non-hydrogen) atoms. The van der Waals surface area contributed by atoms with Gasteiger partial charge in [0.1, 0.15) is 0 Å². The van der Waals surface area contributed by atoms with Crippen molar-refractivity contribution in [3.63, 3.8) is 0 Å². The van der Waals surface area contributed by atoms with E-state index in [1.165, 1.54) is 0 Å². The second kappa shape index (κ2) is 15.7. The van der Waals surface area contributed by atoms with Crippen molar-refractivity contribution in [2.24, 2.45) is 11.5 Å². The van der Waals surface area contributed by atoms with Crippen LogP contribution in [0, 0.1) is 20.2 Å². The molecule has 6 N–H and O–H groups in total. The molecule has 0 aliphatic heterocycles. The molecule has 0 saturated carbocycles.